The van der Waals surface area contributed by atoms with Crippen LogP contribution in [0.4, 0.5) is 11.4 Å². The molecule has 5 heteroatoms. The summed E-state index contributed by atoms with van der Waals surface area (Å²) in [6.45, 7) is 2.18. The number of ether oxygens (including phenoxy) is 1. The lowest BCUT2D eigenvalue weighted by Crippen LogP contribution is -2.15. The molecule has 0 radical (unpaired) electrons. The van der Waals surface area contributed by atoms with Crippen molar-refractivity contribution in [3.05, 3.63) is 53.6 Å². The van der Waals surface area contributed by atoms with Crippen LogP contribution >= 0.6 is 12.4 Å². The van der Waals surface area contributed by atoms with E-state index in [1.165, 1.54) is 18.4 Å². The number of nitrogens with one attached hydrogen (secondary N) is 1. The molecule has 0 fully saturated rings. The number of nitrogens with two attached hydrogens (primary N) is 1. The number of rotatable bonds is 7. The lowest BCUT2D eigenvalue weighted by Gasteiger charge is -2.10. The number of hydrogen-bond donors (Lipinski definition) is 2. The first-order valence-electron chi connectivity index (χ1n) is 7.93. The van der Waals surface area contributed by atoms with Gasteiger partial charge in [-0.05, 0) is 36.1 Å². The van der Waals surface area contributed by atoms with Crippen LogP contribution in [-0.2, 0) is 17.6 Å². The van der Waals surface area contributed by atoms with Crippen LogP contribution in [-0.4, -0.2) is 13.0 Å². The number of hydrogen-bond acceptors (Lipinski definition) is 3. The average Bonchev–Trinajstić information content (AvgIpc) is 2.56. The van der Waals surface area contributed by atoms with Crippen molar-refractivity contribution >= 4 is 29.7 Å². The topological polar surface area (TPSA) is 64.3 Å². The molecule has 24 heavy (non-hydrogen) atoms. The monoisotopic (exact) mass is 348 g/mol. The number of amides is 1. The van der Waals surface area contributed by atoms with Gasteiger partial charge in [-0.3, -0.25) is 4.79 Å². The number of carbonyl (C=O) groups excluding carboxylic acids is 1. The number of halogens is 1. The van der Waals surface area contributed by atoms with Crippen LogP contribution < -0.4 is 15.8 Å². The number of unbranched alkanes of at least 4 members (excludes halogenated alkanes) is 1. The minimum atomic E-state index is -0.0914. The molecule has 0 aliphatic heterocycles. The van der Waals surface area contributed by atoms with Gasteiger partial charge in [0.15, 0.2) is 0 Å². The maximum absolute atomic E-state index is 12.2. The van der Waals surface area contributed by atoms with Crippen LogP contribution in [0.25, 0.3) is 0 Å². The van der Waals surface area contributed by atoms with Crippen molar-refractivity contribution < 1.29 is 9.53 Å². The number of carbonyl (C=O) groups is 1. The minimum absolute atomic E-state index is 0. The van der Waals surface area contributed by atoms with Crippen molar-refractivity contribution in [2.24, 2.45) is 0 Å². The molecule has 0 aromatic heterocycles. The molecule has 0 aliphatic carbocycles. The second-order valence-corrected chi connectivity index (χ2v) is 5.60. The van der Waals surface area contributed by atoms with Gasteiger partial charge in [0.2, 0.25) is 5.91 Å². The Hall–Kier alpha value is -2.20. The highest BCUT2D eigenvalue weighted by Crippen LogP contribution is 2.24. The Morgan fingerprint density at radius 3 is 2.42 bits per heavy atom. The normalized spacial score (nSPS) is 9.92. The Morgan fingerprint density at radius 1 is 1.12 bits per heavy atom. The zero-order valence-electron chi connectivity index (χ0n) is 14.2. The Morgan fingerprint density at radius 2 is 1.79 bits per heavy atom. The molecule has 0 spiro atoms. The fourth-order valence-corrected chi connectivity index (χ4v) is 2.36. The first-order valence-corrected chi connectivity index (χ1v) is 7.93. The molecule has 4 nitrogen and oxygen atoms in total. The van der Waals surface area contributed by atoms with Gasteiger partial charge in [0, 0.05) is 6.07 Å². The van der Waals surface area contributed by atoms with Crippen LogP contribution in [0.3, 0.4) is 0 Å². The SMILES string of the molecule is CCCCc1ccc(CC(=O)Nc2cc(OC)ccc2N)cc1.Cl. The summed E-state index contributed by atoms with van der Waals surface area (Å²) in [4.78, 5) is 12.2. The standard InChI is InChI=1S/C19H24N2O2.ClH/c1-3-4-5-14-6-8-15(9-7-14)12-19(22)21-18-13-16(23-2)10-11-17(18)20;/h6-11,13H,3-5,12,20H2,1-2H3,(H,21,22);1H. The number of anilines is 2. The summed E-state index contributed by atoms with van der Waals surface area (Å²) in [6.07, 6.45) is 3.79. The fraction of sp³-hybridized carbons (Fsp3) is 0.316. The summed E-state index contributed by atoms with van der Waals surface area (Å²) in [7, 11) is 1.58. The van der Waals surface area contributed by atoms with Gasteiger partial charge in [-0.15, -0.1) is 12.4 Å². The lowest BCUT2D eigenvalue weighted by molar-refractivity contribution is -0.115. The van der Waals surface area contributed by atoms with Crippen molar-refractivity contribution in [3.63, 3.8) is 0 Å². The number of benzene rings is 2. The highest BCUT2D eigenvalue weighted by Gasteiger charge is 2.08. The predicted molar refractivity (Wildman–Crippen MR) is 102 cm³/mol. The van der Waals surface area contributed by atoms with E-state index in [1.807, 2.05) is 12.1 Å². The first kappa shape index (κ1) is 19.8. The summed E-state index contributed by atoms with van der Waals surface area (Å²) < 4.78 is 5.15. The third-order valence-corrected chi connectivity index (χ3v) is 3.74. The average molecular weight is 349 g/mol. The Labute approximate surface area is 149 Å². The van der Waals surface area contributed by atoms with Crippen molar-refractivity contribution in [1.29, 1.82) is 0 Å². The molecular formula is C19H25ClN2O2. The van der Waals surface area contributed by atoms with Gasteiger partial charge in [-0.2, -0.15) is 0 Å². The van der Waals surface area contributed by atoms with Gasteiger partial charge in [0.1, 0.15) is 5.75 Å². The molecule has 2 aromatic carbocycles. The van der Waals surface area contributed by atoms with Gasteiger partial charge >= 0.3 is 0 Å². The smallest absolute Gasteiger partial charge is 0.228 e. The van der Waals surface area contributed by atoms with E-state index < -0.39 is 0 Å². The maximum Gasteiger partial charge on any atom is 0.228 e. The molecule has 0 atom stereocenters. The minimum Gasteiger partial charge on any atom is -0.497 e. The van der Waals surface area contributed by atoms with E-state index in [1.54, 1.807) is 25.3 Å². The number of aryl methyl sites for hydroxylation is 1. The Balaban J connectivity index is 0.00000288. The van der Waals surface area contributed by atoms with Gasteiger partial charge in [-0.25, -0.2) is 0 Å². The molecule has 130 valence electrons. The van der Waals surface area contributed by atoms with Crippen LogP contribution in [0, 0.1) is 0 Å². The lowest BCUT2D eigenvalue weighted by atomic mass is 10.0. The molecule has 0 saturated heterocycles. The predicted octanol–water partition coefficient (Wildman–Crippen LogP) is 4.22. The van der Waals surface area contributed by atoms with Gasteiger partial charge < -0.3 is 15.8 Å². The number of methoxy groups -OCH3 is 1. The Bertz CT molecular complexity index is 657. The molecule has 2 aromatic rings. The van der Waals surface area contributed by atoms with Crippen molar-refractivity contribution in [2.75, 3.05) is 18.2 Å². The van der Waals surface area contributed by atoms with Crippen LogP contribution in [0.2, 0.25) is 0 Å². The van der Waals surface area contributed by atoms with Crippen LogP contribution in [0.5, 0.6) is 5.75 Å². The van der Waals surface area contributed by atoms with E-state index in [0.717, 1.165) is 12.0 Å². The molecule has 0 unspecified atom stereocenters. The third-order valence-electron chi connectivity index (χ3n) is 3.74. The van der Waals surface area contributed by atoms with E-state index in [4.69, 9.17) is 10.5 Å². The highest BCUT2D eigenvalue weighted by atomic mass is 35.5. The van der Waals surface area contributed by atoms with Gasteiger partial charge in [-0.1, -0.05) is 37.6 Å². The summed E-state index contributed by atoms with van der Waals surface area (Å²) >= 11 is 0. The molecule has 0 bridgehead atoms. The summed E-state index contributed by atoms with van der Waals surface area (Å²) in [6, 6.07) is 13.4. The largest absolute Gasteiger partial charge is 0.497 e. The third kappa shape index (κ3) is 5.78. The van der Waals surface area contributed by atoms with E-state index in [9.17, 15) is 4.79 Å². The van der Waals surface area contributed by atoms with Crippen molar-refractivity contribution in [1.82, 2.24) is 0 Å². The molecule has 0 saturated carbocycles. The Kier molecular flexibility index (Phi) is 8.13. The highest BCUT2D eigenvalue weighted by molar-refractivity contribution is 5.95. The van der Waals surface area contributed by atoms with Gasteiger partial charge in [0.05, 0.1) is 24.9 Å². The molecule has 2 rings (SSSR count). The summed E-state index contributed by atoms with van der Waals surface area (Å²) in [5.74, 6) is 0.570. The van der Waals surface area contributed by atoms with Gasteiger partial charge in [0.25, 0.3) is 0 Å². The van der Waals surface area contributed by atoms with E-state index in [-0.39, 0.29) is 18.3 Å². The number of nitrogen functional groups attached to an aromatic ring is 1. The van der Waals surface area contributed by atoms with Crippen molar-refractivity contribution in [2.45, 2.75) is 32.6 Å². The maximum atomic E-state index is 12.2. The van der Waals surface area contributed by atoms with E-state index in [2.05, 4.69) is 24.4 Å². The van der Waals surface area contributed by atoms with E-state index in [0.29, 0.717) is 23.5 Å². The zero-order valence-corrected chi connectivity index (χ0v) is 15.0. The molecule has 0 aliphatic rings. The zero-order chi connectivity index (χ0) is 16.7. The molecule has 1 amide bonds. The first-order chi connectivity index (χ1) is 11.1. The quantitative estimate of drug-likeness (QED) is 0.736. The molecule has 3 N–H and O–H groups in total. The fourth-order valence-electron chi connectivity index (χ4n) is 2.36. The van der Waals surface area contributed by atoms with Crippen molar-refractivity contribution in [3.8, 4) is 5.75 Å². The second kappa shape index (κ2) is 9.83. The summed E-state index contributed by atoms with van der Waals surface area (Å²) in [5, 5.41) is 2.84. The molecule has 0 heterocycles. The van der Waals surface area contributed by atoms with E-state index >= 15 is 0 Å². The second-order valence-electron chi connectivity index (χ2n) is 5.60. The summed E-state index contributed by atoms with van der Waals surface area (Å²) in [5.41, 5.74) is 9.28. The van der Waals surface area contributed by atoms with Crippen LogP contribution in [0.15, 0.2) is 42.5 Å². The molecular weight excluding hydrogens is 324 g/mol. The van der Waals surface area contributed by atoms with Crippen LogP contribution in [0.1, 0.15) is 30.9 Å².